The quantitative estimate of drug-likeness (QED) is 0.305. The van der Waals surface area contributed by atoms with Crippen LogP contribution in [0.15, 0.2) is 29.4 Å². The topological polar surface area (TPSA) is 120 Å². The molecule has 120 valence electrons. The van der Waals surface area contributed by atoms with E-state index in [1.807, 2.05) is 0 Å². The summed E-state index contributed by atoms with van der Waals surface area (Å²) < 4.78 is 5.00. The van der Waals surface area contributed by atoms with Gasteiger partial charge < -0.3 is 20.3 Å². The molecule has 0 heterocycles. The first-order valence-electron chi connectivity index (χ1n) is 6.45. The average Bonchev–Trinajstić information content (AvgIpc) is 2.55. The first-order chi connectivity index (χ1) is 10.4. The van der Waals surface area contributed by atoms with Crippen LogP contribution in [-0.2, 0) is 9.59 Å². The van der Waals surface area contributed by atoms with Crippen LogP contribution < -0.4 is 15.5 Å². The monoisotopic (exact) mass is 309 g/mol. The van der Waals surface area contributed by atoms with Gasteiger partial charge in [0.25, 0.3) is 0 Å². The predicted octanol–water partition coefficient (Wildman–Crippen LogP) is -0.995. The summed E-state index contributed by atoms with van der Waals surface area (Å²) in [5.74, 6) is -1.32. The van der Waals surface area contributed by atoms with Crippen LogP contribution in [0.1, 0.15) is 12.5 Å². The molecule has 0 fully saturated rings. The van der Waals surface area contributed by atoms with Gasteiger partial charge in [-0.05, 0) is 36.8 Å². The summed E-state index contributed by atoms with van der Waals surface area (Å²) in [5.41, 5.74) is 1.49. The van der Waals surface area contributed by atoms with Gasteiger partial charge in [0.2, 0.25) is 0 Å². The van der Waals surface area contributed by atoms with Crippen molar-refractivity contribution in [3.8, 4) is 5.75 Å². The standard InChI is InChI=1S/C14H19N3O5/c1-14(8-18,9-19)16-12(20)13(21)17-15-7-10-3-5-11(22-2)6-4-10/h3-7,18-19H,8-9H2,1-2H3,(H,16,20)(H,17,21)/b15-7-. The molecule has 1 rings (SSSR count). The lowest BCUT2D eigenvalue weighted by atomic mass is 10.1. The molecule has 4 N–H and O–H groups in total. The molecule has 0 saturated heterocycles. The molecule has 0 aliphatic carbocycles. The minimum atomic E-state index is -1.27. The highest BCUT2D eigenvalue weighted by atomic mass is 16.5. The second-order valence-corrected chi connectivity index (χ2v) is 4.80. The summed E-state index contributed by atoms with van der Waals surface area (Å²) in [6.45, 7) is 0.397. The van der Waals surface area contributed by atoms with Crippen molar-refractivity contribution in [1.29, 1.82) is 0 Å². The predicted molar refractivity (Wildman–Crippen MR) is 79.5 cm³/mol. The number of hydrogen-bond donors (Lipinski definition) is 4. The van der Waals surface area contributed by atoms with Gasteiger partial charge in [0.05, 0.1) is 32.1 Å². The smallest absolute Gasteiger partial charge is 0.329 e. The average molecular weight is 309 g/mol. The van der Waals surface area contributed by atoms with Gasteiger partial charge in [-0.3, -0.25) is 9.59 Å². The number of amides is 2. The molecule has 8 nitrogen and oxygen atoms in total. The number of nitrogens with zero attached hydrogens (tertiary/aromatic N) is 1. The molecule has 0 bridgehead atoms. The zero-order valence-electron chi connectivity index (χ0n) is 12.4. The number of hydrogen-bond acceptors (Lipinski definition) is 6. The maximum atomic E-state index is 11.6. The molecule has 1 aromatic rings. The van der Waals surface area contributed by atoms with E-state index in [2.05, 4.69) is 15.8 Å². The number of ether oxygens (including phenoxy) is 1. The summed E-state index contributed by atoms with van der Waals surface area (Å²) in [7, 11) is 1.55. The van der Waals surface area contributed by atoms with Crippen molar-refractivity contribution in [3.63, 3.8) is 0 Å². The van der Waals surface area contributed by atoms with E-state index in [4.69, 9.17) is 14.9 Å². The van der Waals surface area contributed by atoms with Crippen LogP contribution >= 0.6 is 0 Å². The zero-order chi connectivity index (χ0) is 16.6. The van der Waals surface area contributed by atoms with Crippen LogP contribution in [0.4, 0.5) is 0 Å². The SMILES string of the molecule is COc1ccc(/C=N\NC(=O)C(=O)NC(C)(CO)CO)cc1. The van der Waals surface area contributed by atoms with Crippen molar-refractivity contribution in [3.05, 3.63) is 29.8 Å². The van der Waals surface area contributed by atoms with Gasteiger partial charge in [-0.2, -0.15) is 5.10 Å². The Morgan fingerprint density at radius 3 is 2.32 bits per heavy atom. The highest BCUT2D eigenvalue weighted by Crippen LogP contribution is 2.09. The van der Waals surface area contributed by atoms with Crippen molar-refractivity contribution >= 4 is 18.0 Å². The Balaban J connectivity index is 2.54. The highest BCUT2D eigenvalue weighted by Gasteiger charge is 2.27. The minimum Gasteiger partial charge on any atom is -0.497 e. The third-order valence-corrected chi connectivity index (χ3v) is 2.82. The maximum Gasteiger partial charge on any atom is 0.329 e. The van der Waals surface area contributed by atoms with Crippen LogP contribution in [-0.4, -0.2) is 54.1 Å². The van der Waals surface area contributed by atoms with Crippen LogP contribution in [0.3, 0.4) is 0 Å². The molecule has 0 aliphatic heterocycles. The van der Waals surface area contributed by atoms with Gasteiger partial charge in [0.15, 0.2) is 0 Å². The first kappa shape index (κ1) is 17.6. The van der Waals surface area contributed by atoms with Crippen molar-refractivity contribution in [2.24, 2.45) is 5.10 Å². The molecular formula is C14H19N3O5. The fourth-order valence-electron chi connectivity index (χ4n) is 1.37. The minimum absolute atomic E-state index is 0.502. The van der Waals surface area contributed by atoms with E-state index in [-0.39, 0.29) is 0 Å². The van der Waals surface area contributed by atoms with Crippen molar-refractivity contribution in [1.82, 2.24) is 10.7 Å². The fourth-order valence-corrected chi connectivity index (χ4v) is 1.37. The van der Waals surface area contributed by atoms with Crippen molar-refractivity contribution < 1.29 is 24.5 Å². The van der Waals surface area contributed by atoms with E-state index >= 15 is 0 Å². The first-order valence-corrected chi connectivity index (χ1v) is 6.45. The van der Waals surface area contributed by atoms with E-state index in [1.165, 1.54) is 13.1 Å². The third kappa shape index (κ3) is 5.15. The number of hydrazone groups is 1. The summed E-state index contributed by atoms with van der Waals surface area (Å²) in [6, 6.07) is 6.90. The Bertz CT molecular complexity index is 538. The summed E-state index contributed by atoms with van der Waals surface area (Å²) in [4.78, 5) is 23.1. The number of aliphatic hydroxyl groups excluding tert-OH is 2. The molecule has 0 unspecified atom stereocenters. The van der Waals surface area contributed by atoms with Gasteiger partial charge in [-0.25, -0.2) is 5.43 Å². The maximum absolute atomic E-state index is 11.6. The lowest BCUT2D eigenvalue weighted by Crippen LogP contribution is -2.55. The van der Waals surface area contributed by atoms with Gasteiger partial charge in [-0.15, -0.1) is 0 Å². The van der Waals surface area contributed by atoms with Gasteiger partial charge in [0, 0.05) is 0 Å². The molecule has 0 aliphatic rings. The van der Waals surface area contributed by atoms with Crippen LogP contribution in [0.2, 0.25) is 0 Å². The van der Waals surface area contributed by atoms with Crippen LogP contribution in [0.5, 0.6) is 5.75 Å². The summed E-state index contributed by atoms with van der Waals surface area (Å²) in [5, 5.41) is 23.9. The van der Waals surface area contributed by atoms with Crippen molar-refractivity contribution in [2.75, 3.05) is 20.3 Å². The zero-order valence-corrected chi connectivity index (χ0v) is 12.4. The second-order valence-electron chi connectivity index (χ2n) is 4.80. The lowest BCUT2D eigenvalue weighted by molar-refractivity contribution is -0.140. The molecule has 2 amide bonds. The Morgan fingerprint density at radius 2 is 1.82 bits per heavy atom. The van der Waals surface area contributed by atoms with Crippen LogP contribution in [0, 0.1) is 0 Å². The van der Waals surface area contributed by atoms with Crippen LogP contribution in [0.25, 0.3) is 0 Å². The molecule has 0 aromatic heterocycles. The number of methoxy groups -OCH3 is 1. The summed E-state index contributed by atoms with van der Waals surface area (Å²) in [6.07, 6.45) is 1.36. The largest absolute Gasteiger partial charge is 0.497 e. The number of carbonyl (C=O) groups excluding carboxylic acids is 2. The van der Waals surface area contributed by atoms with Gasteiger partial charge >= 0.3 is 11.8 Å². The Labute approximate surface area is 127 Å². The normalized spacial score (nSPS) is 11.3. The molecule has 0 spiro atoms. The summed E-state index contributed by atoms with van der Waals surface area (Å²) >= 11 is 0. The van der Waals surface area contributed by atoms with E-state index < -0.39 is 30.6 Å². The number of aliphatic hydroxyl groups is 2. The molecule has 0 saturated carbocycles. The second kappa shape index (κ2) is 8.11. The molecule has 8 heteroatoms. The third-order valence-electron chi connectivity index (χ3n) is 2.82. The van der Waals surface area contributed by atoms with E-state index in [9.17, 15) is 9.59 Å². The lowest BCUT2D eigenvalue weighted by Gasteiger charge is -2.25. The Hall–Kier alpha value is -2.45. The van der Waals surface area contributed by atoms with E-state index in [1.54, 1.807) is 31.4 Å². The molecule has 22 heavy (non-hydrogen) atoms. The van der Waals surface area contributed by atoms with E-state index in [0.29, 0.717) is 11.3 Å². The van der Waals surface area contributed by atoms with Crippen molar-refractivity contribution in [2.45, 2.75) is 12.5 Å². The molecule has 0 atom stereocenters. The molecule has 0 radical (unpaired) electrons. The molecule has 1 aromatic carbocycles. The number of carbonyl (C=O) groups is 2. The molecular weight excluding hydrogens is 290 g/mol. The fraction of sp³-hybridized carbons (Fsp3) is 0.357. The van der Waals surface area contributed by atoms with Gasteiger partial charge in [-0.1, -0.05) is 0 Å². The Morgan fingerprint density at radius 1 is 1.23 bits per heavy atom. The number of benzene rings is 1. The highest BCUT2D eigenvalue weighted by molar-refractivity contribution is 6.35. The number of nitrogens with one attached hydrogen (secondary N) is 2. The van der Waals surface area contributed by atoms with Gasteiger partial charge in [0.1, 0.15) is 5.75 Å². The number of rotatable bonds is 6. The Kier molecular flexibility index (Phi) is 6.48. The van der Waals surface area contributed by atoms with E-state index in [0.717, 1.165) is 0 Å².